The summed E-state index contributed by atoms with van der Waals surface area (Å²) in [7, 11) is 1.57. The van der Waals surface area contributed by atoms with Crippen LogP contribution in [0.2, 0.25) is 0 Å². The maximum absolute atomic E-state index is 9.93. The fourth-order valence-electron chi connectivity index (χ4n) is 1.71. The minimum atomic E-state index is 0.209. The number of hydrogen-bond donors (Lipinski definition) is 2. The van der Waals surface area contributed by atoms with Gasteiger partial charge in [0.2, 0.25) is 0 Å². The van der Waals surface area contributed by atoms with Crippen molar-refractivity contribution in [2.45, 2.75) is 6.54 Å². The Balaban J connectivity index is 2.17. The standard InChI is InChI=1S/C14H12Br3NO2/c1-20-10-3-2-8(13(19)6-10)7-18-14-11(16)4-9(15)5-12(14)17/h2-6,18-19H,7H2,1H3. The molecule has 0 fully saturated rings. The monoisotopic (exact) mass is 463 g/mol. The Kier molecular flexibility index (Phi) is 5.35. The van der Waals surface area contributed by atoms with E-state index in [1.54, 1.807) is 13.2 Å². The average molecular weight is 466 g/mol. The highest BCUT2D eigenvalue weighted by Crippen LogP contribution is 2.35. The third-order valence-electron chi connectivity index (χ3n) is 2.75. The lowest BCUT2D eigenvalue weighted by Crippen LogP contribution is -2.01. The molecule has 0 aliphatic carbocycles. The van der Waals surface area contributed by atoms with Crippen LogP contribution in [0, 0.1) is 0 Å². The van der Waals surface area contributed by atoms with Gasteiger partial charge in [0.15, 0.2) is 0 Å². The van der Waals surface area contributed by atoms with Gasteiger partial charge in [0.1, 0.15) is 11.5 Å². The molecule has 0 atom stereocenters. The van der Waals surface area contributed by atoms with Gasteiger partial charge in [-0.3, -0.25) is 0 Å². The summed E-state index contributed by atoms with van der Waals surface area (Å²) < 4.78 is 7.92. The van der Waals surface area contributed by atoms with E-state index in [9.17, 15) is 5.11 Å². The molecule has 2 rings (SSSR count). The highest BCUT2D eigenvalue weighted by Gasteiger charge is 2.08. The molecular formula is C14H12Br3NO2. The normalized spacial score (nSPS) is 10.4. The molecular weight excluding hydrogens is 454 g/mol. The molecule has 6 heteroatoms. The van der Waals surface area contributed by atoms with E-state index in [2.05, 4.69) is 53.1 Å². The lowest BCUT2D eigenvalue weighted by atomic mass is 10.2. The Labute approximate surface area is 142 Å². The zero-order chi connectivity index (χ0) is 14.7. The van der Waals surface area contributed by atoms with Gasteiger partial charge in [0.05, 0.1) is 12.8 Å². The molecule has 0 saturated heterocycles. The van der Waals surface area contributed by atoms with Gasteiger partial charge in [-0.2, -0.15) is 0 Å². The van der Waals surface area contributed by atoms with Gasteiger partial charge in [0.25, 0.3) is 0 Å². The highest BCUT2D eigenvalue weighted by atomic mass is 79.9. The van der Waals surface area contributed by atoms with E-state index in [0.717, 1.165) is 24.7 Å². The topological polar surface area (TPSA) is 41.5 Å². The van der Waals surface area contributed by atoms with E-state index in [4.69, 9.17) is 4.74 Å². The number of aromatic hydroxyl groups is 1. The fourth-order valence-corrected chi connectivity index (χ4v) is 4.25. The number of anilines is 1. The van der Waals surface area contributed by atoms with Crippen molar-refractivity contribution >= 4 is 53.5 Å². The summed E-state index contributed by atoms with van der Waals surface area (Å²) in [5.41, 5.74) is 1.73. The van der Waals surface area contributed by atoms with Crippen LogP contribution in [0.25, 0.3) is 0 Å². The van der Waals surface area contributed by atoms with Crippen LogP contribution in [0.1, 0.15) is 5.56 Å². The van der Waals surface area contributed by atoms with Crippen molar-refractivity contribution in [1.82, 2.24) is 0 Å². The molecule has 2 aromatic carbocycles. The number of halogens is 3. The van der Waals surface area contributed by atoms with E-state index < -0.39 is 0 Å². The Morgan fingerprint density at radius 3 is 2.30 bits per heavy atom. The molecule has 0 amide bonds. The molecule has 0 spiro atoms. The number of benzene rings is 2. The van der Waals surface area contributed by atoms with Gasteiger partial charge in [-0.15, -0.1) is 0 Å². The Morgan fingerprint density at radius 2 is 1.75 bits per heavy atom. The van der Waals surface area contributed by atoms with Gasteiger partial charge < -0.3 is 15.2 Å². The summed E-state index contributed by atoms with van der Waals surface area (Å²) in [6, 6.07) is 9.18. The minimum absolute atomic E-state index is 0.209. The smallest absolute Gasteiger partial charge is 0.124 e. The summed E-state index contributed by atoms with van der Waals surface area (Å²) in [4.78, 5) is 0. The van der Waals surface area contributed by atoms with Crippen LogP contribution >= 0.6 is 47.8 Å². The number of phenolic OH excluding ortho intramolecular Hbond substituents is 1. The first-order valence-corrected chi connectivity index (χ1v) is 8.13. The SMILES string of the molecule is COc1ccc(CNc2c(Br)cc(Br)cc2Br)c(O)c1. The fraction of sp³-hybridized carbons (Fsp3) is 0.143. The molecule has 20 heavy (non-hydrogen) atoms. The Hall–Kier alpha value is -0.720. The third kappa shape index (κ3) is 3.68. The first kappa shape index (κ1) is 15.7. The quantitative estimate of drug-likeness (QED) is 0.643. The molecule has 0 bridgehead atoms. The van der Waals surface area contributed by atoms with Gasteiger partial charge in [-0.25, -0.2) is 0 Å². The first-order valence-electron chi connectivity index (χ1n) is 5.75. The highest BCUT2D eigenvalue weighted by molar-refractivity contribution is 9.11. The molecule has 0 radical (unpaired) electrons. The second kappa shape index (κ2) is 6.83. The third-order valence-corrected chi connectivity index (χ3v) is 4.46. The number of rotatable bonds is 4. The van der Waals surface area contributed by atoms with E-state index >= 15 is 0 Å². The van der Waals surface area contributed by atoms with Crippen LogP contribution in [-0.4, -0.2) is 12.2 Å². The second-order valence-electron chi connectivity index (χ2n) is 4.09. The van der Waals surface area contributed by atoms with Crippen LogP contribution in [0.3, 0.4) is 0 Å². The number of methoxy groups -OCH3 is 1. The number of phenols is 1. The van der Waals surface area contributed by atoms with Gasteiger partial charge in [-0.05, 0) is 56.1 Å². The van der Waals surface area contributed by atoms with Gasteiger partial charge >= 0.3 is 0 Å². The molecule has 0 aliphatic rings. The average Bonchev–Trinajstić information content (AvgIpc) is 2.39. The van der Waals surface area contributed by atoms with Crippen molar-refractivity contribution in [3.63, 3.8) is 0 Å². The molecule has 3 nitrogen and oxygen atoms in total. The predicted molar refractivity (Wildman–Crippen MR) is 91.5 cm³/mol. The first-order chi connectivity index (χ1) is 9.51. The number of hydrogen-bond acceptors (Lipinski definition) is 3. The zero-order valence-corrected chi connectivity index (χ0v) is 15.3. The van der Waals surface area contributed by atoms with Crippen LogP contribution in [-0.2, 0) is 6.54 Å². The summed E-state index contributed by atoms with van der Waals surface area (Å²) in [6.45, 7) is 0.509. The summed E-state index contributed by atoms with van der Waals surface area (Å²) in [5.74, 6) is 0.846. The molecule has 0 saturated carbocycles. The molecule has 0 unspecified atom stereocenters. The van der Waals surface area contributed by atoms with Crippen molar-refractivity contribution in [3.8, 4) is 11.5 Å². The molecule has 2 aromatic rings. The summed E-state index contributed by atoms with van der Waals surface area (Å²) in [6.07, 6.45) is 0. The largest absolute Gasteiger partial charge is 0.507 e. The molecule has 2 N–H and O–H groups in total. The van der Waals surface area contributed by atoms with Crippen molar-refractivity contribution < 1.29 is 9.84 Å². The van der Waals surface area contributed by atoms with Gasteiger partial charge in [0, 0.05) is 31.6 Å². The van der Waals surface area contributed by atoms with Crippen LogP contribution in [0.15, 0.2) is 43.7 Å². The molecule has 106 valence electrons. The van der Waals surface area contributed by atoms with Crippen LogP contribution in [0.4, 0.5) is 5.69 Å². The van der Waals surface area contributed by atoms with Crippen molar-refractivity contribution in [3.05, 3.63) is 49.3 Å². The molecule has 0 aliphatic heterocycles. The maximum Gasteiger partial charge on any atom is 0.124 e. The van der Waals surface area contributed by atoms with Gasteiger partial charge in [-0.1, -0.05) is 15.9 Å². The number of ether oxygens (including phenoxy) is 1. The Bertz CT molecular complexity index is 609. The second-order valence-corrected chi connectivity index (χ2v) is 6.72. The Morgan fingerprint density at radius 1 is 1.10 bits per heavy atom. The van der Waals surface area contributed by atoms with Crippen molar-refractivity contribution in [1.29, 1.82) is 0 Å². The summed E-state index contributed by atoms with van der Waals surface area (Å²) >= 11 is 10.4. The van der Waals surface area contributed by atoms with E-state index in [1.807, 2.05) is 24.3 Å². The van der Waals surface area contributed by atoms with E-state index in [0.29, 0.717) is 12.3 Å². The van der Waals surface area contributed by atoms with Crippen molar-refractivity contribution in [2.24, 2.45) is 0 Å². The minimum Gasteiger partial charge on any atom is -0.507 e. The lowest BCUT2D eigenvalue weighted by molar-refractivity contribution is 0.406. The van der Waals surface area contributed by atoms with Crippen molar-refractivity contribution in [2.75, 3.05) is 12.4 Å². The van der Waals surface area contributed by atoms with Crippen LogP contribution < -0.4 is 10.1 Å². The zero-order valence-electron chi connectivity index (χ0n) is 10.6. The van der Waals surface area contributed by atoms with E-state index in [-0.39, 0.29) is 5.75 Å². The lowest BCUT2D eigenvalue weighted by Gasteiger charge is -2.13. The summed E-state index contributed by atoms with van der Waals surface area (Å²) in [5, 5.41) is 13.2. The number of nitrogens with one attached hydrogen (secondary N) is 1. The molecule has 0 aromatic heterocycles. The maximum atomic E-state index is 9.93. The predicted octanol–water partition coefficient (Wildman–Crippen LogP) is 5.30. The van der Waals surface area contributed by atoms with E-state index in [1.165, 1.54) is 0 Å². The molecule has 0 heterocycles. The van der Waals surface area contributed by atoms with Crippen LogP contribution in [0.5, 0.6) is 11.5 Å².